The number of hydrogen-bond donors (Lipinski definition) is 2. The van der Waals surface area contributed by atoms with Crippen molar-refractivity contribution in [1.29, 1.82) is 0 Å². The van der Waals surface area contributed by atoms with Crippen LogP contribution in [-0.2, 0) is 4.79 Å². The summed E-state index contributed by atoms with van der Waals surface area (Å²) >= 11 is 6.12. The number of pyridine rings is 1. The van der Waals surface area contributed by atoms with Gasteiger partial charge in [-0.2, -0.15) is 0 Å². The van der Waals surface area contributed by atoms with Crippen LogP contribution in [0.3, 0.4) is 0 Å². The molecule has 2 N–H and O–H groups in total. The van der Waals surface area contributed by atoms with Gasteiger partial charge in [0.05, 0.1) is 5.02 Å². The van der Waals surface area contributed by atoms with Gasteiger partial charge >= 0.3 is 0 Å². The average Bonchev–Trinajstić information content (AvgIpc) is 2.63. The lowest BCUT2D eigenvalue weighted by Gasteiger charge is -2.24. The van der Waals surface area contributed by atoms with Crippen molar-refractivity contribution in [2.75, 3.05) is 6.54 Å². The predicted octanol–water partition coefficient (Wildman–Crippen LogP) is 4.26. The van der Waals surface area contributed by atoms with Crippen LogP contribution in [0.1, 0.15) is 31.9 Å². The van der Waals surface area contributed by atoms with E-state index in [-0.39, 0.29) is 35.3 Å². The average molecular weight is 402 g/mol. The second-order valence-electron chi connectivity index (χ2n) is 5.62. The molecule has 8 heteroatoms. The van der Waals surface area contributed by atoms with Crippen molar-refractivity contribution in [2.45, 2.75) is 32.4 Å². The zero-order chi connectivity index (χ0) is 18.2. The zero-order valence-electron chi connectivity index (χ0n) is 14.5. The zero-order valence-corrected chi connectivity index (χ0v) is 16.1. The Morgan fingerprint density at radius 3 is 2.62 bits per heavy atom. The molecule has 2 rings (SSSR count). The van der Waals surface area contributed by atoms with Gasteiger partial charge in [0.15, 0.2) is 11.6 Å². The highest BCUT2D eigenvalue weighted by atomic mass is 35.5. The van der Waals surface area contributed by atoms with E-state index in [0.29, 0.717) is 30.7 Å². The first-order valence-corrected chi connectivity index (χ1v) is 8.43. The Labute approximate surface area is 163 Å². The summed E-state index contributed by atoms with van der Waals surface area (Å²) in [6.45, 7) is 4.33. The van der Waals surface area contributed by atoms with Crippen molar-refractivity contribution < 1.29 is 13.9 Å². The van der Waals surface area contributed by atoms with Gasteiger partial charge in [0, 0.05) is 36.6 Å². The van der Waals surface area contributed by atoms with Crippen LogP contribution < -0.4 is 15.4 Å². The first-order chi connectivity index (χ1) is 12.1. The molecule has 142 valence electrons. The van der Waals surface area contributed by atoms with Gasteiger partial charge in [-0.05, 0) is 31.5 Å². The normalized spacial score (nSPS) is 12.6. The quantitative estimate of drug-likeness (QED) is 0.616. The van der Waals surface area contributed by atoms with Crippen molar-refractivity contribution in [2.24, 2.45) is 0 Å². The third-order valence-corrected chi connectivity index (χ3v) is 4.02. The highest BCUT2D eigenvalue weighted by Gasteiger charge is 2.21. The number of ether oxygens (including phenoxy) is 1. The Kier molecular flexibility index (Phi) is 9.34. The van der Waals surface area contributed by atoms with Crippen molar-refractivity contribution in [1.82, 2.24) is 15.6 Å². The van der Waals surface area contributed by atoms with E-state index in [1.807, 2.05) is 13.8 Å². The summed E-state index contributed by atoms with van der Waals surface area (Å²) in [5, 5.41) is 6.11. The molecule has 1 aromatic heterocycles. The summed E-state index contributed by atoms with van der Waals surface area (Å²) < 4.78 is 20.6. The third-order valence-electron chi connectivity index (χ3n) is 3.73. The smallest absolute Gasteiger partial charge is 0.207 e. The van der Waals surface area contributed by atoms with E-state index >= 15 is 4.39 Å². The summed E-state index contributed by atoms with van der Waals surface area (Å²) in [6.07, 6.45) is 4.42. The molecule has 0 radical (unpaired) electrons. The molecular weight excluding hydrogens is 380 g/mol. The molecule has 1 amide bonds. The fourth-order valence-electron chi connectivity index (χ4n) is 2.49. The van der Waals surface area contributed by atoms with Gasteiger partial charge in [-0.25, -0.2) is 4.39 Å². The third kappa shape index (κ3) is 5.83. The molecule has 2 aromatic rings. The largest absolute Gasteiger partial charge is 0.453 e. The minimum Gasteiger partial charge on any atom is -0.453 e. The molecule has 1 heterocycles. The van der Waals surface area contributed by atoms with Gasteiger partial charge < -0.3 is 15.4 Å². The minimum atomic E-state index is -0.501. The van der Waals surface area contributed by atoms with Crippen LogP contribution >= 0.6 is 24.0 Å². The van der Waals surface area contributed by atoms with Gasteiger partial charge in [0.2, 0.25) is 6.41 Å². The van der Waals surface area contributed by atoms with E-state index in [1.165, 1.54) is 0 Å². The van der Waals surface area contributed by atoms with Gasteiger partial charge in [-0.15, -0.1) is 12.4 Å². The van der Waals surface area contributed by atoms with Gasteiger partial charge in [0.25, 0.3) is 0 Å². The van der Waals surface area contributed by atoms with Crippen LogP contribution in [0.5, 0.6) is 11.5 Å². The number of nitrogens with one attached hydrogen (secondary N) is 2. The van der Waals surface area contributed by atoms with E-state index < -0.39 is 5.82 Å². The molecular formula is C18H22Cl2FN3O2. The number of nitrogens with zero attached hydrogens (tertiary/aromatic N) is 1. The molecule has 0 aliphatic heterocycles. The summed E-state index contributed by atoms with van der Waals surface area (Å²) in [7, 11) is 0. The van der Waals surface area contributed by atoms with E-state index in [0.717, 1.165) is 0 Å². The van der Waals surface area contributed by atoms with Gasteiger partial charge in [-0.1, -0.05) is 24.6 Å². The number of halogens is 3. The van der Waals surface area contributed by atoms with E-state index in [2.05, 4.69) is 15.6 Å². The molecule has 0 unspecified atom stereocenters. The summed E-state index contributed by atoms with van der Waals surface area (Å²) in [6, 6.07) is 6.28. The minimum absolute atomic E-state index is 0. The van der Waals surface area contributed by atoms with E-state index in [4.69, 9.17) is 16.3 Å². The highest BCUT2D eigenvalue weighted by molar-refractivity contribution is 6.32. The summed E-state index contributed by atoms with van der Waals surface area (Å²) in [5.74, 6) is -0.0546. The topological polar surface area (TPSA) is 63.2 Å². The number of benzene rings is 1. The highest BCUT2D eigenvalue weighted by Crippen LogP contribution is 2.36. The molecule has 2 atom stereocenters. The van der Waals surface area contributed by atoms with Gasteiger partial charge in [-0.3, -0.25) is 9.78 Å². The number of hydrogen-bond acceptors (Lipinski definition) is 4. The maximum absolute atomic E-state index is 15.0. The van der Waals surface area contributed by atoms with Gasteiger partial charge in [0.1, 0.15) is 5.75 Å². The van der Waals surface area contributed by atoms with Crippen LogP contribution in [0.25, 0.3) is 0 Å². The fraction of sp³-hybridized carbons (Fsp3) is 0.333. The molecule has 5 nitrogen and oxygen atoms in total. The van der Waals surface area contributed by atoms with Crippen molar-refractivity contribution in [3.8, 4) is 11.5 Å². The van der Waals surface area contributed by atoms with E-state index in [9.17, 15) is 4.79 Å². The molecule has 0 saturated heterocycles. The van der Waals surface area contributed by atoms with Crippen LogP contribution in [-0.4, -0.2) is 24.0 Å². The molecule has 0 aliphatic carbocycles. The lowest BCUT2D eigenvalue weighted by atomic mass is 10.0. The molecule has 0 saturated carbocycles. The Morgan fingerprint density at radius 1 is 1.31 bits per heavy atom. The predicted molar refractivity (Wildman–Crippen MR) is 103 cm³/mol. The number of aromatic nitrogens is 1. The second kappa shape index (κ2) is 11.0. The van der Waals surface area contributed by atoms with Crippen LogP contribution in [0.2, 0.25) is 5.02 Å². The van der Waals surface area contributed by atoms with E-state index in [1.54, 1.807) is 36.7 Å². The second-order valence-corrected chi connectivity index (χ2v) is 6.03. The maximum Gasteiger partial charge on any atom is 0.207 e. The molecule has 26 heavy (non-hydrogen) atoms. The van der Waals surface area contributed by atoms with Crippen molar-refractivity contribution >= 4 is 30.4 Å². The Hall–Kier alpha value is -1.89. The lowest BCUT2D eigenvalue weighted by molar-refractivity contribution is -0.109. The monoisotopic (exact) mass is 401 g/mol. The first-order valence-electron chi connectivity index (χ1n) is 8.05. The number of amides is 1. The lowest BCUT2D eigenvalue weighted by Crippen LogP contribution is -2.38. The molecule has 0 bridgehead atoms. The Bertz CT molecular complexity index is 704. The fourth-order valence-corrected chi connectivity index (χ4v) is 2.67. The number of rotatable bonds is 9. The molecule has 0 fully saturated rings. The summed E-state index contributed by atoms with van der Waals surface area (Å²) in [4.78, 5) is 14.3. The van der Waals surface area contributed by atoms with Crippen LogP contribution in [0, 0.1) is 5.82 Å². The van der Waals surface area contributed by atoms with Crippen LogP contribution in [0.4, 0.5) is 4.39 Å². The molecule has 1 aromatic carbocycles. The molecule has 0 spiro atoms. The number of carbonyl (C=O) groups excluding carboxylic acids is 1. The maximum atomic E-state index is 15.0. The van der Waals surface area contributed by atoms with Crippen LogP contribution in [0.15, 0.2) is 36.7 Å². The molecule has 0 aliphatic rings. The number of carbonyl (C=O) groups is 1. The van der Waals surface area contributed by atoms with Crippen molar-refractivity contribution in [3.63, 3.8) is 0 Å². The Morgan fingerprint density at radius 2 is 2.00 bits per heavy atom. The standard InChI is InChI=1S/C18H21ClFN3O2.ClH/c1-3-16(23-12(2)10-22-11-24)14-4-5-15(19)18(17(14)20)25-13-6-8-21-9-7-13;/h4-9,11-12,16,23H,3,10H2,1-2H3,(H,22,24);1H/t12-,16+;/m0./s1. The van der Waals surface area contributed by atoms with Crippen molar-refractivity contribution in [3.05, 3.63) is 53.1 Å². The first kappa shape index (κ1) is 22.2. The summed E-state index contributed by atoms with van der Waals surface area (Å²) in [5.41, 5.74) is 0.467. The Balaban J connectivity index is 0.00000338. The SMILES string of the molecule is CC[C@@H](N[C@@H](C)CNC=O)c1ccc(Cl)c(Oc2ccncc2)c1F.Cl.